The van der Waals surface area contributed by atoms with Gasteiger partial charge in [0.1, 0.15) is 11.6 Å². The van der Waals surface area contributed by atoms with Crippen LogP contribution in [0.15, 0.2) is 40.9 Å². The number of rotatable bonds is 5. The highest BCUT2D eigenvalue weighted by Gasteiger charge is 2.13. The second kappa shape index (κ2) is 7.05. The van der Waals surface area contributed by atoms with Gasteiger partial charge in [-0.25, -0.2) is 4.39 Å². The van der Waals surface area contributed by atoms with Crippen LogP contribution in [-0.4, -0.2) is 14.2 Å². The van der Waals surface area contributed by atoms with Crippen molar-refractivity contribution in [2.45, 2.75) is 19.4 Å². The molecule has 2 nitrogen and oxygen atoms in total. The van der Waals surface area contributed by atoms with Crippen LogP contribution in [0, 0.1) is 12.7 Å². The standard InChI is InChI=1S/C17H19BrFNO/c1-11-4-5-13(9-17(11)21-3)16(20-2)8-12-6-14(18)10-15(19)7-12/h4-7,9-10,16,20H,8H2,1-3H3. The molecule has 0 fully saturated rings. The number of hydrogen-bond acceptors (Lipinski definition) is 2. The van der Waals surface area contributed by atoms with E-state index in [1.54, 1.807) is 13.2 Å². The van der Waals surface area contributed by atoms with Crippen molar-refractivity contribution in [2.24, 2.45) is 0 Å². The average molecular weight is 352 g/mol. The zero-order valence-electron chi connectivity index (χ0n) is 12.4. The molecule has 0 aliphatic rings. The van der Waals surface area contributed by atoms with E-state index in [0.29, 0.717) is 6.42 Å². The van der Waals surface area contributed by atoms with E-state index in [9.17, 15) is 4.39 Å². The van der Waals surface area contributed by atoms with E-state index in [2.05, 4.69) is 27.3 Å². The Morgan fingerprint density at radius 1 is 1.24 bits per heavy atom. The molecule has 0 bridgehead atoms. The maximum atomic E-state index is 13.5. The third-order valence-corrected chi connectivity index (χ3v) is 4.00. The fourth-order valence-corrected chi connectivity index (χ4v) is 2.92. The number of hydrogen-bond donors (Lipinski definition) is 1. The molecule has 112 valence electrons. The Kier molecular flexibility index (Phi) is 5.37. The second-order valence-corrected chi connectivity index (χ2v) is 5.97. The van der Waals surface area contributed by atoms with Crippen molar-refractivity contribution in [2.75, 3.05) is 14.2 Å². The Morgan fingerprint density at radius 2 is 2.00 bits per heavy atom. The van der Waals surface area contributed by atoms with Gasteiger partial charge < -0.3 is 10.1 Å². The fraction of sp³-hybridized carbons (Fsp3) is 0.294. The largest absolute Gasteiger partial charge is 0.496 e. The van der Waals surface area contributed by atoms with Gasteiger partial charge in [0.2, 0.25) is 0 Å². The molecule has 0 spiro atoms. The highest BCUT2D eigenvalue weighted by atomic mass is 79.9. The minimum atomic E-state index is -0.226. The van der Waals surface area contributed by atoms with E-state index in [1.165, 1.54) is 6.07 Å². The first-order valence-electron chi connectivity index (χ1n) is 6.80. The Balaban J connectivity index is 2.27. The van der Waals surface area contributed by atoms with Crippen molar-refractivity contribution in [3.8, 4) is 5.75 Å². The van der Waals surface area contributed by atoms with Crippen molar-refractivity contribution in [1.82, 2.24) is 5.32 Å². The molecule has 4 heteroatoms. The van der Waals surface area contributed by atoms with Crippen molar-refractivity contribution in [1.29, 1.82) is 0 Å². The number of benzene rings is 2. The number of halogens is 2. The van der Waals surface area contributed by atoms with Crippen LogP contribution in [0.3, 0.4) is 0 Å². The Bertz CT molecular complexity index is 610. The zero-order valence-corrected chi connectivity index (χ0v) is 14.0. The summed E-state index contributed by atoms with van der Waals surface area (Å²) in [5, 5.41) is 3.28. The molecule has 0 aliphatic carbocycles. The SMILES string of the molecule is CNC(Cc1cc(F)cc(Br)c1)c1ccc(C)c(OC)c1. The van der Waals surface area contributed by atoms with E-state index in [0.717, 1.165) is 26.9 Å². The smallest absolute Gasteiger partial charge is 0.124 e. The molecule has 2 aromatic carbocycles. The van der Waals surface area contributed by atoms with E-state index >= 15 is 0 Å². The van der Waals surface area contributed by atoms with Gasteiger partial charge in [-0.2, -0.15) is 0 Å². The van der Waals surface area contributed by atoms with E-state index in [-0.39, 0.29) is 11.9 Å². The Labute approximate surface area is 133 Å². The molecule has 0 aliphatic heterocycles. The van der Waals surface area contributed by atoms with E-state index in [1.807, 2.05) is 32.2 Å². The summed E-state index contributed by atoms with van der Waals surface area (Å²) in [4.78, 5) is 0. The van der Waals surface area contributed by atoms with Crippen LogP contribution in [-0.2, 0) is 6.42 Å². The molecule has 1 atom stereocenters. The Morgan fingerprint density at radius 3 is 2.62 bits per heavy atom. The van der Waals surface area contributed by atoms with Crippen molar-refractivity contribution < 1.29 is 9.13 Å². The summed E-state index contributed by atoms with van der Waals surface area (Å²) in [5.41, 5.74) is 3.17. The lowest BCUT2D eigenvalue weighted by molar-refractivity contribution is 0.410. The van der Waals surface area contributed by atoms with Crippen molar-refractivity contribution in [3.05, 3.63) is 63.4 Å². The molecule has 21 heavy (non-hydrogen) atoms. The number of ether oxygens (including phenoxy) is 1. The van der Waals surface area contributed by atoms with Crippen LogP contribution in [0.5, 0.6) is 5.75 Å². The van der Waals surface area contributed by atoms with Crippen LogP contribution >= 0.6 is 15.9 Å². The van der Waals surface area contributed by atoms with Crippen LogP contribution in [0.2, 0.25) is 0 Å². The molecule has 0 heterocycles. The van der Waals surface area contributed by atoms with Gasteiger partial charge in [0, 0.05) is 10.5 Å². The first-order chi connectivity index (χ1) is 10.0. The highest BCUT2D eigenvalue weighted by Crippen LogP contribution is 2.26. The summed E-state index contributed by atoms with van der Waals surface area (Å²) in [6.45, 7) is 2.01. The van der Waals surface area contributed by atoms with Gasteiger partial charge in [-0.1, -0.05) is 28.1 Å². The van der Waals surface area contributed by atoms with Crippen LogP contribution in [0.4, 0.5) is 4.39 Å². The summed E-state index contributed by atoms with van der Waals surface area (Å²) < 4.78 is 19.6. The molecule has 1 unspecified atom stereocenters. The summed E-state index contributed by atoms with van der Waals surface area (Å²) in [6, 6.07) is 11.2. The lowest BCUT2D eigenvalue weighted by Crippen LogP contribution is -2.19. The van der Waals surface area contributed by atoms with Crippen molar-refractivity contribution in [3.63, 3.8) is 0 Å². The first-order valence-corrected chi connectivity index (χ1v) is 7.59. The minimum absolute atomic E-state index is 0.105. The molecule has 0 radical (unpaired) electrons. The van der Waals surface area contributed by atoms with E-state index < -0.39 is 0 Å². The number of likely N-dealkylation sites (N-methyl/N-ethyl adjacent to an activating group) is 1. The average Bonchev–Trinajstić information content (AvgIpc) is 2.44. The molecule has 0 aromatic heterocycles. The molecule has 0 amide bonds. The topological polar surface area (TPSA) is 21.3 Å². The highest BCUT2D eigenvalue weighted by molar-refractivity contribution is 9.10. The summed E-state index contributed by atoms with van der Waals surface area (Å²) in [6.07, 6.45) is 0.707. The zero-order chi connectivity index (χ0) is 15.4. The van der Waals surface area contributed by atoms with Crippen LogP contribution in [0.25, 0.3) is 0 Å². The first kappa shape index (κ1) is 16.0. The van der Waals surface area contributed by atoms with Gasteiger partial charge >= 0.3 is 0 Å². The van der Waals surface area contributed by atoms with Crippen LogP contribution < -0.4 is 10.1 Å². The van der Waals surface area contributed by atoms with Crippen molar-refractivity contribution >= 4 is 15.9 Å². The molecule has 0 saturated carbocycles. The third-order valence-electron chi connectivity index (χ3n) is 3.55. The molecule has 1 N–H and O–H groups in total. The predicted octanol–water partition coefficient (Wildman–Crippen LogP) is 4.41. The van der Waals surface area contributed by atoms with Gasteiger partial charge in [0.05, 0.1) is 7.11 Å². The molecule has 2 aromatic rings. The van der Waals surface area contributed by atoms with Crippen LogP contribution in [0.1, 0.15) is 22.7 Å². The minimum Gasteiger partial charge on any atom is -0.496 e. The summed E-state index contributed by atoms with van der Waals surface area (Å²) in [5.74, 6) is 0.642. The molecular weight excluding hydrogens is 333 g/mol. The van der Waals surface area contributed by atoms with Gasteiger partial charge in [-0.15, -0.1) is 0 Å². The summed E-state index contributed by atoms with van der Waals surface area (Å²) in [7, 11) is 3.58. The quantitative estimate of drug-likeness (QED) is 0.861. The van der Waals surface area contributed by atoms with Gasteiger partial charge in [-0.3, -0.25) is 0 Å². The van der Waals surface area contributed by atoms with E-state index in [4.69, 9.17) is 4.74 Å². The normalized spacial score (nSPS) is 12.2. The predicted molar refractivity (Wildman–Crippen MR) is 87.3 cm³/mol. The molecular formula is C17H19BrFNO. The van der Waals surface area contributed by atoms with Gasteiger partial charge in [0.15, 0.2) is 0 Å². The monoisotopic (exact) mass is 351 g/mol. The molecule has 0 saturated heterocycles. The lowest BCUT2D eigenvalue weighted by Gasteiger charge is -2.18. The van der Waals surface area contributed by atoms with Gasteiger partial charge in [0.25, 0.3) is 0 Å². The maximum Gasteiger partial charge on any atom is 0.124 e. The molecule has 2 rings (SSSR count). The van der Waals surface area contributed by atoms with Gasteiger partial charge in [-0.05, 0) is 61.3 Å². The number of aryl methyl sites for hydroxylation is 1. The lowest BCUT2D eigenvalue weighted by atomic mass is 9.97. The maximum absolute atomic E-state index is 13.5. The Hall–Kier alpha value is -1.39. The summed E-state index contributed by atoms with van der Waals surface area (Å²) >= 11 is 3.33. The fourth-order valence-electron chi connectivity index (χ4n) is 2.40. The number of nitrogens with one attached hydrogen (secondary N) is 1. The second-order valence-electron chi connectivity index (χ2n) is 5.05. The third kappa shape index (κ3) is 4.05. The number of methoxy groups -OCH3 is 1.